The van der Waals surface area contributed by atoms with Crippen molar-refractivity contribution in [3.8, 4) is 5.75 Å². The van der Waals surface area contributed by atoms with Gasteiger partial charge in [0.25, 0.3) is 5.91 Å². The summed E-state index contributed by atoms with van der Waals surface area (Å²) in [6.07, 6.45) is 1.61. The number of nitrogens with zero attached hydrogens (tertiary/aromatic N) is 1. The largest absolute Gasteiger partial charge is 0.484 e. The highest BCUT2D eigenvalue weighted by molar-refractivity contribution is 5.82. The third kappa shape index (κ3) is 5.46. The number of likely N-dealkylation sites (tertiary alicyclic amines) is 1. The molecule has 1 aliphatic rings. The van der Waals surface area contributed by atoms with Crippen molar-refractivity contribution >= 4 is 11.8 Å². The molecule has 0 aliphatic carbocycles. The molecule has 1 heterocycles. The van der Waals surface area contributed by atoms with E-state index in [0.29, 0.717) is 19.7 Å². The summed E-state index contributed by atoms with van der Waals surface area (Å²) < 4.78 is 10.6. The van der Waals surface area contributed by atoms with Gasteiger partial charge in [-0.05, 0) is 38.3 Å². The summed E-state index contributed by atoms with van der Waals surface area (Å²) in [6.45, 7) is 5.38. The lowest BCUT2D eigenvalue weighted by molar-refractivity contribution is -0.140. The van der Waals surface area contributed by atoms with Crippen molar-refractivity contribution in [3.05, 3.63) is 29.8 Å². The average Bonchev–Trinajstić information content (AvgIpc) is 2.61. The van der Waals surface area contributed by atoms with Gasteiger partial charge in [0.1, 0.15) is 5.75 Å². The summed E-state index contributed by atoms with van der Waals surface area (Å²) in [5.41, 5.74) is 0.998. The SMILES string of the molecule is COCCNC(=O)[C@H]1CC[C@H](C)N(C(=O)COc2ccccc2C)C1. The first-order valence-electron chi connectivity index (χ1n) is 8.77. The summed E-state index contributed by atoms with van der Waals surface area (Å²) in [7, 11) is 1.60. The topological polar surface area (TPSA) is 67.9 Å². The number of hydrogen-bond acceptors (Lipinski definition) is 4. The Morgan fingerprint density at radius 3 is 2.76 bits per heavy atom. The maximum absolute atomic E-state index is 12.6. The fraction of sp³-hybridized carbons (Fsp3) is 0.579. The van der Waals surface area contributed by atoms with Crippen molar-refractivity contribution < 1.29 is 19.1 Å². The zero-order chi connectivity index (χ0) is 18.2. The number of piperidine rings is 1. The van der Waals surface area contributed by atoms with Gasteiger partial charge in [-0.2, -0.15) is 0 Å². The molecule has 1 saturated heterocycles. The molecule has 25 heavy (non-hydrogen) atoms. The number of nitrogens with one attached hydrogen (secondary N) is 1. The van der Waals surface area contributed by atoms with Crippen LogP contribution in [0, 0.1) is 12.8 Å². The van der Waals surface area contributed by atoms with Gasteiger partial charge in [-0.25, -0.2) is 0 Å². The molecule has 0 bridgehead atoms. The first kappa shape index (κ1) is 19.2. The highest BCUT2D eigenvalue weighted by Crippen LogP contribution is 2.23. The maximum atomic E-state index is 12.6. The molecule has 2 atom stereocenters. The number of benzene rings is 1. The Kier molecular flexibility index (Phi) is 7.25. The Hall–Kier alpha value is -2.08. The van der Waals surface area contributed by atoms with Gasteiger partial charge in [0, 0.05) is 26.2 Å². The van der Waals surface area contributed by atoms with Crippen LogP contribution in [0.2, 0.25) is 0 Å². The molecule has 1 N–H and O–H groups in total. The predicted octanol–water partition coefficient (Wildman–Crippen LogP) is 1.76. The second-order valence-corrected chi connectivity index (χ2v) is 6.51. The normalized spacial score (nSPS) is 20.2. The van der Waals surface area contributed by atoms with Gasteiger partial charge in [-0.3, -0.25) is 9.59 Å². The lowest BCUT2D eigenvalue weighted by atomic mass is 9.92. The van der Waals surface area contributed by atoms with Gasteiger partial charge in [-0.1, -0.05) is 18.2 Å². The Morgan fingerprint density at radius 1 is 1.28 bits per heavy atom. The Labute approximate surface area is 149 Å². The molecule has 1 aromatic carbocycles. The van der Waals surface area contributed by atoms with Crippen molar-refractivity contribution in [1.82, 2.24) is 10.2 Å². The van der Waals surface area contributed by atoms with E-state index in [1.807, 2.05) is 38.1 Å². The third-order valence-corrected chi connectivity index (χ3v) is 4.62. The molecule has 1 aliphatic heterocycles. The lowest BCUT2D eigenvalue weighted by Gasteiger charge is -2.37. The van der Waals surface area contributed by atoms with E-state index in [4.69, 9.17) is 9.47 Å². The highest BCUT2D eigenvalue weighted by Gasteiger charge is 2.32. The highest BCUT2D eigenvalue weighted by atomic mass is 16.5. The van der Waals surface area contributed by atoms with Crippen LogP contribution in [0.3, 0.4) is 0 Å². The first-order chi connectivity index (χ1) is 12.0. The van der Waals surface area contributed by atoms with Gasteiger partial charge >= 0.3 is 0 Å². The van der Waals surface area contributed by atoms with Gasteiger partial charge < -0.3 is 19.7 Å². The number of carbonyl (C=O) groups is 2. The summed E-state index contributed by atoms with van der Waals surface area (Å²) in [5, 5.41) is 2.86. The van der Waals surface area contributed by atoms with Crippen LogP contribution < -0.4 is 10.1 Å². The minimum absolute atomic E-state index is 0.00674. The minimum atomic E-state index is -0.171. The number of hydrogen-bond donors (Lipinski definition) is 1. The van der Waals surface area contributed by atoms with Crippen LogP contribution in [0.4, 0.5) is 0 Å². The van der Waals surface area contributed by atoms with Crippen LogP contribution in [0.5, 0.6) is 5.75 Å². The van der Waals surface area contributed by atoms with Crippen molar-refractivity contribution in [2.45, 2.75) is 32.7 Å². The van der Waals surface area contributed by atoms with Gasteiger partial charge in [-0.15, -0.1) is 0 Å². The molecule has 0 unspecified atom stereocenters. The van der Waals surface area contributed by atoms with E-state index in [1.165, 1.54) is 0 Å². The number of ether oxygens (including phenoxy) is 2. The van der Waals surface area contributed by atoms with E-state index < -0.39 is 0 Å². The molecule has 1 fully saturated rings. The van der Waals surface area contributed by atoms with Crippen LogP contribution in [0.15, 0.2) is 24.3 Å². The van der Waals surface area contributed by atoms with Crippen LogP contribution >= 0.6 is 0 Å². The number of methoxy groups -OCH3 is 1. The van der Waals surface area contributed by atoms with E-state index in [1.54, 1.807) is 12.0 Å². The predicted molar refractivity (Wildman–Crippen MR) is 95.5 cm³/mol. The van der Waals surface area contributed by atoms with Gasteiger partial charge in [0.2, 0.25) is 5.91 Å². The van der Waals surface area contributed by atoms with E-state index in [9.17, 15) is 9.59 Å². The molecule has 2 rings (SSSR count). The summed E-state index contributed by atoms with van der Waals surface area (Å²) in [5.74, 6) is 0.455. The first-order valence-corrected chi connectivity index (χ1v) is 8.77. The lowest BCUT2D eigenvalue weighted by Crippen LogP contribution is -2.51. The van der Waals surface area contributed by atoms with Crippen molar-refractivity contribution in [3.63, 3.8) is 0 Å². The van der Waals surface area contributed by atoms with E-state index in [-0.39, 0.29) is 30.4 Å². The molecule has 6 heteroatoms. The average molecular weight is 348 g/mol. The number of amides is 2. The second-order valence-electron chi connectivity index (χ2n) is 6.51. The second kappa shape index (κ2) is 9.42. The van der Waals surface area contributed by atoms with Gasteiger partial charge in [0.05, 0.1) is 12.5 Å². The molecule has 0 spiro atoms. The van der Waals surface area contributed by atoms with E-state index >= 15 is 0 Å². The fourth-order valence-corrected chi connectivity index (χ4v) is 3.03. The zero-order valence-corrected chi connectivity index (χ0v) is 15.3. The molecule has 0 saturated carbocycles. The molecule has 2 amide bonds. The third-order valence-electron chi connectivity index (χ3n) is 4.62. The van der Waals surface area contributed by atoms with Gasteiger partial charge in [0.15, 0.2) is 6.61 Å². The molecule has 6 nitrogen and oxygen atoms in total. The zero-order valence-electron chi connectivity index (χ0n) is 15.3. The summed E-state index contributed by atoms with van der Waals surface area (Å²) >= 11 is 0. The van der Waals surface area contributed by atoms with Crippen LogP contribution in [0.25, 0.3) is 0 Å². The van der Waals surface area contributed by atoms with Crippen LogP contribution in [0.1, 0.15) is 25.3 Å². The molecule has 1 aromatic rings. The molecule has 138 valence electrons. The monoisotopic (exact) mass is 348 g/mol. The number of para-hydroxylation sites is 1. The number of carbonyl (C=O) groups excluding carboxylic acids is 2. The molecule has 0 radical (unpaired) electrons. The summed E-state index contributed by atoms with van der Waals surface area (Å²) in [6, 6.07) is 7.74. The Balaban J connectivity index is 1.89. The van der Waals surface area contributed by atoms with Crippen molar-refractivity contribution in [2.24, 2.45) is 5.92 Å². The number of rotatable bonds is 7. The Morgan fingerprint density at radius 2 is 2.04 bits per heavy atom. The molecular formula is C19H28N2O4. The standard InChI is InChI=1S/C19H28N2O4/c1-14-6-4-5-7-17(14)25-13-18(22)21-12-16(9-8-15(21)2)19(23)20-10-11-24-3/h4-7,15-16H,8-13H2,1-3H3,(H,20,23)/t15-,16-/m0/s1. The van der Waals surface area contributed by atoms with Crippen LogP contribution in [-0.4, -0.2) is 56.2 Å². The van der Waals surface area contributed by atoms with E-state index in [0.717, 1.165) is 24.2 Å². The number of aryl methyl sites for hydroxylation is 1. The smallest absolute Gasteiger partial charge is 0.260 e. The van der Waals surface area contributed by atoms with Crippen LogP contribution in [-0.2, 0) is 14.3 Å². The maximum Gasteiger partial charge on any atom is 0.260 e. The quantitative estimate of drug-likeness (QED) is 0.763. The Bertz CT molecular complexity index is 591. The van der Waals surface area contributed by atoms with Crippen molar-refractivity contribution in [1.29, 1.82) is 0 Å². The minimum Gasteiger partial charge on any atom is -0.484 e. The summed E-state index contributed by atoms with van der Waals surface area (Å²) in [4.78, 5) is 26.6. The van der Waals surface area contributed by atoms with Crippen molar-refractivity contribution in [2.75, 3.05) is 33.4 Å². The fourth-order valence-electron chi connectivity index (χ4n) is 3.03. The molecular weight excluding hydrogens is 320 g/mol. The molecule has 0 aromatic heterocycles. The van der Waals surface area contributed by atoms with E-state index in [2.05, 4.69) is 5.32 Å².